The van der Waals surface area contributed by atoms with Crippen molar-refractivity contribution in [3.05, 3.63) is 30.1 Å². The Hall–Kier alpha value is -1.58. The van der Waals surface area contributed by atoms with Crippen LogP contribution >= 0.6 is 0 Å². The van der Waals surface area contributed by atoms with E-state index in [0.29, 0.717) is 18.1 Å². The summed E-state index contributed by atoms with van der Waals surface area (Å²) in [6.07, 6.45) is 2.37. The topological polar surface area (TPSA) is 29.5 Å². The summed E-state index contributed by atoms with van der Waals surface area (Å²) in [6, 6.07) is 5.80. The second-order valence-electron chi connectivity index (χ2n) is 5.50. The molecule has 0 saturated carbocycles. The number of hydrogen-bond acceptors (Lipinski definition) is 2. The molecule has 20 heavy (non-hydrogen) atoms. The molecule has 1 amide bonds. The van der Waals surface area contributed by atoms with Crippen molar-refractivity contribution in [1.82, 2.24) is 4.90 Å². The zero-order chi connectivity index (χ0) is 14.5. The van der Waals surface area contributed by atoms with Crippen LogP contribution in [0.3, 0.4) is 0 Å². The van der Waals surface area contributed by atoms with E-state index in [2.05, 4.69) is 6.92 Å². The van der Waals surface area contributed by atoms with E-state index in [0.717, 1.165) is 19.5 Å². The molecule has 0 N–H and O–H groups in total. The normalized spacial score (nSPS) is 20.6. The third-order valence-corrected chi connectivity index (χ3v) is 3.71. The minimum absolute atomic E-state index is 0.0448. The highest BCUT2D eigenvalue weighted by molar-refractivity contribution is 5.81. The summed E-state index contributed by atoms with van der Waals surface area (Å²) in [5.74, 6) is 0.831. The summed E-state index contributed by atoms with van der Waals surface area (Å²) < 4.78 is 18.6. The van der Waals surface area contributed by atoms with Crippen molar-refractivity contribution in [2.24, 2.45) is 5.92 Å². The lowest BCUT2D eigenvalue weighted by Crippen LogP contribution is -2.46. The third kappa shape index (κ3) is 3.71. The molecule has 1 saturated heterocycles. The number of amides is 1. The van der Waals surface area contributed by atoms with Gasteiger partial charge < -0.3 is 9.64 Å². The van der Waals surface area contributed by atoms with E-state index in [4.69, 9.17) is 4.74 Å². The summed E-state index contributed by atoms with van der Waals surface area (Å²) in [6.45, 7) is 5.72. The molecule has 2 rings (SSSR count). The predicted octanol–water partition coefficient (Wildman–Crippen LogP) is 3.24. The molecule has 0 radical (unpaired) electrons. The molecule has 3 nitrogen and oxygen atoms in total. The maximum absolute atomic E-state index is 12.9. The molecule has 0 unspecified atom stereocenters. The largest absolute Gasteiger partial charge is 0.481 e. The van der Waals surface area contributed by atoms with Gasteiger partial charge in [-0.1, -0.05) is 13.8 Å². The molecule has 0 spiro atoms. The van der Waals surface area contributed by atoms with E-state index >= 15 is 0 Å². The van der Waals surface area contributed by atoms with E-state index in [9.17, 15) is 9.18 Å². The minimum atomic E-state index is -0.481. The minimum Gasteiger partial charge on any atom is -0.481 e. The third-order valence-electron chi connectivity index (χ3n) is 3.71. The quantitative estimate of drug-likeness (QED) is 0.846. The van der Waals surface area contributed by atoms with Crippen molar-refractivity contribution in [2.45, 2.75) is 39.2 Å². The van der Waals surface area contributed by atoms with Gasteiger partial charge in [0.1, 0.15) is 11.6 Å². The zero-order valence-corrected chi connectivity index (χ0v) is 12.1. The van der Waals surface area contributed by atoms with Crippen LogP contribution in [0.2, 0.25) is 0 Å². The van der Waals surface area contributed by atoms with Gasteiger partial charge >= 0.3 is 0 Å². The molecule has 1 aromatic carbocycles. The van der Waals surface area contributed by atoms with Crippen LogP contribution in [0.25, 0.3) is 0 Å². The summed E-state index contributed by atoms with van der Waals surface area (Å²) in [5, 5.41) is 0. The monoisotopic (exact) mass is 279 g/mol. The molecule has 1 aromatic rings. The van der Waals surface area contributed by atoms with Crippen LogP contribution in [0, 0.1) is 11.7 Å². The van der Waals surface area contributed by atoms with Crippen molar-refractivity contribution < 1.29 is 13.9 Å². The predicted molar refractivity (Wildman–Crippen MR) is 76.1 cm³/mol. The molecular formula is C16H22FNO2. The molecule has 2 atom stereocenters. The molecule has 1 aliphatic heterocycles. The highest BCUT2D eigenvalue weighted by Crippen LogP contribution is 2.19. The van der Waals surface area contributed by atoms with Crippen LogP contribution in [-0.4, -0.2) is 30.0 Å². The number of carbonyl (C=O) groups is 1. The van der Waals surface area contributed by atoms with E-state index in [1.807, 2.05) is 11.8 Å². The Morgan fingerprint density at radius 3 is 2.75 bits per heavy atom. The SMILES string of the molecule is CC[C@@H](Oc1ccc(F)cc1)C(=O)N1CCC[C@H](C)C1. The molecule has 1 fully saturated rings. The van der Waals surface area contributed by atoms with Crippen molar-refractivity contribution in [1.29, 1.82) is 0 Å². The number of rotatable bonds is 4. The average Bonchev–Trinajstić information content (AvgIpc) is 2.46. The fourth-order valence-corrected chi connectivity index (χ4v) is 2.58. The first-order valence-corrected chi connectivity index (χ1v) is 7.31. The molecule has 1 aliphatic rings. The Labute approximate surface area is 119 Å². The molecule has 110 valence electrons. The van der Waals surface area contributed by atoms with Gasteiger partial charge in [-0.15, -0.1) is 0 Å². The van der Waals surface area contributed by atoms with Gasteiger partial charge in [0.25, 0.3) is 5.91 Å². The highest BCUT2D eigenvalue weighted by Gasteiger charge is 2.27. The first-order valence-electron chi connectivity index (χ1n) is 7.31. The van der Waals surface area contributed by atoms with Gasteiger partial charge in [0.05, 0.1) is 0 Å². The summed E-state index contributed by atoms with van der Waals surface area (Å²) in [4.78, 5) is 14.4. The average molecular weight is 279 g/mol. The van der Waals surface area contributed by atoms with Crippen LogP contribution in [0.1, 0.15) is 33.1 Å². The molecule has 1 heterocycles. The second kappa shape index (κ2) is 6.73. The van der Waals surface area contributed by atoms with Gasteiger partial charge in [-0.2, -0.15) is 0 Å². The number of halogens is 1. The van der Waals surface area contributed by atoms with Crippen LogP contribution in [0.15, 0.2) is 24.3 Å². The van der Waals surface area contributed by atoms with Gasteiger partial charge in [0, 0.05) is 13.1 Å². The molecule has 0 bridgehead atoms. The maximum Gasteiger partial charge on any atom is 0.263 e. The van der Waals surface area contributed by atoms with Gasteiger partial charge in [-0.25, -0.2) is 4.39 Å². The Kier molecular flexibility index (Phi) is 4.99. The first-order chi connectivity index (χ1) is 9.60. The van der Waals surface area contributed by atoms with Gasteiger partial charge in [0.2, 0.25) is 0 Å². The van der Waals surface area contributed by atoms with Crippen LogP contribution in [0.4, 0.5) is 4.39 Å². The lowest BCUT2D eigenvalue weighted by molar-refractivity contribution is -0.140. The Bertz CT molecular complexity index is 446. The zero-order valence-electron chi connectivity index (χ0n) is 12.1. The lowest BCUT2D eigenvalue weighted by Gasteiger charge is -2.33. The number of hydrogen-bond donors (Lipinski definition) is 0. The number of carbonyl (C=O) groups excluding carboxylic acids is 1. The van der Waals surface area contributed by atoms with Crippen molar-refractivity contribution >= 4 is 5.91 Å². The fraction of sp³-hybridized carbons (Fsp3) is 0.562. The summed E-state index contributed by atoms with van der Waals surface area (Å²) >= 11 is 0. The van der Waals surface area contributed by atoms with Gasteiger partial charge in [0.15, 0.2) is 6.10 Å². The van der Waals surface area contributed by atoms with Crippen LogP contribution in [-0.2, 0) is 4.79 Å². The number of piperidine rings is 1. The van der Waals surface area contributed by atoms with Crippen molar-refractivity contribution in [2.75, 3.05) is 13.1 Å². The Morgan fingerprint density at radius 1 is 1.45 bits per heavy atom. The summed E-state index contributed by atoms with van der Waals surface area (Å²) in [7, 11) is 0. The lowest BCUT2D eigenvalue weighted by atomic mass is 9.99. The molecule has 0 aliphatic carbocycles. The number of benzene rings is 1. The maximum atomic E-state index is 12.9. The fourth-order valence-electron chi connectivity index (χ4n) is 2.58. The van der Waals surface area contributed by atoms with E-state index in [1.165, 1.54) is 18.6 Å². The van der Waals surface area contributed by atoms with Crippen LogP contribution < -0.4 is 4.74 Å². The molecular weight excluding hydrogens is 257 g/mol. The van der Waals surface area contributed by atoms with Crippen molar-refractivity contribution in [3.63, 3.8) is 0 Å². The Morgan fingerprint density at radius 2 is 2.15 bits per heavy atom. The molecule has 0 aromatic heterocycles. The number of nitrogens with zero attached hydrogens (tertiary/aromatic N) is 1. The standard InChI is InChI=1S/C16H22FNO2/c1-3-15(20-14-8-6-13(17)7-9-14)16(19)18-10-4-5-12(2)11-18/h6-9,12,15H,3-5,10-11H2,1-2H3/t12-,15+/m0/s1. The highest BCUT2D eigenvalue weighted by atomic mass is 19.1. The van der Waals surface area contributed by atoms with E-state index in [-0.39, 0.29) is 11.7 Å². The number of likely N-dealkylation sites (tertiary alicyclic amines) is 1. The van der Waals surface area contributed by atoms with Crippen molar-refractivity contribution in [3.8, 4) is 5.75 Å². The second-order valence-corrected chi connectivity index (χ2v) is 5.50. The van der Waals surface area contributed by atoms with E-state index in [1.54, 1.807) is 12.1 Å². The Balaban J connectivity index is 2.00. The van der Waals surface area contributed by atoms with Crippen LogP contribution in [0.5, 0.6) is 5.75 Å². The van der Waals surface area contributed by atoms with Gasteiger partial charge in [-0.05, 0) is 49.4 Å². The first kappa shape index (κ1) is 14.8. The number of ether oxygens (including phenoxy) is 1. The summed E-state index contributed by atoms with van der Waals surface area (Å²) in [5.41, 5.74) is 0. The molecule has 4 heteroatoms. The smallest absolute Gasteiger partial charge is 0.263 e. The van der Waals surface area contributed by atoms with E-state index < -0.39 is 6.10 Å². The van der Waals surface area contributed by atoms with Gasteiger partial charge in [-0.3, -0.25) is 4.79 Å².